The molecule has 1 atom stereocenters. The van der Waals surface area contributed by atoms with Crippen LogP contribution in [0, 0.1) is 18.7 Å². The summed E-state index contributed by atoms with van der Waals surface area (Å²) in [7, 11) is 0. The fraction of sp³-hybridized carbons (Fsp3) is 0.538. The Morgan fingerprint density at radius 2 is 2.20 bits per heavy atom. The number of aryl methyl sites for hydroxylation is 1. The van der Waals surface area contributed by atoms with Crippen molar-refractivity contribution in [3.63, 3.8) is 0 Å². The van der Waals surface area contributed by atoms with Crippen molar-refractivity contribution in [2.24, 2.45) is 5.92 Å². The van der Waals surface area contributed by atoms with E-state index in [1.165, 1.54) is 18.9 Å². The lowest BCUT2D eigenvalue weighted by Crippen LogP contribution is -1.99. The molecule has 0 heterocycles. The maximum Gasteiger partial charge on any atom is 0.126 e. The molecule has 1 fully saturated rings. The van der Waals surface area contributed by atoms with Crippen molar-refractivity contribution in [2.75, 3.05) is 0 Å². The smallest absolute Gasteiger partial charge is 0.126 e. The Kier molecular flexibility index (Phi) is 3.06. The van der Waals surface area contributed by atoms with E-state index in [0.717, 1.165) is 18.8 Å². The van der Waals surface area contributed by atoms with Gasteiger partial charge in [-0.15, -0.1) is 0 Å². The first-order valence-corrected chi connectivity index (χ1v) is 5.61. The molecule has 0 spiro atoms. The van der Waals surface area contributed by atoms with E-state index in [1.54, 1.807) is 13.0 Å². The van der Waals surface area contributed by atoms with Gasteiger partial charge in [0.05, 0.1) is 6.10 Å². The average molecular weight is 208 g/mol. The third-order valence-corrected chi connectivity index (χ3v) is 3.13. The zero-order chi connectivity index (χ0) is 10.8. The second kappa shape index (κ2) is 4.31. The quantitative estimate of drug-likeness (QED) is 0.804. The fourth-order valence-corrected chi connectivity index (χ4v) is 1.78. The van der Waals surface area contributed by atoms with Gasteiger partial charge in [0.15, 0.2) is 0 Å². The van der Waals surface area contributed by atoms with Crippen LogP contribution in [0.1, 0.15) is 42.9 Å². The second-order valence-electron chi connectivity index (χ2n) is 4.55. The van der Waals surface area contributed by atoms with E-state index < -0.39 is 6.10 Å². The Labute approximate surface area is 89.9 Å². The zero-order valence-electron chi connectivity index (χ0n) is 9.04. The summed E-state index contributed by atoms with van der Waals surface area (Å²) in [6.45, 7) is 1.73. The molecule has 0 bridgehead atoms. The third kappa shape index (κ3) is 2.78. The van der Waals surface area contributed by atoms with Gasteiger partial charge in [-0.3, -0.25) is 0 Å². The number of halogens is 1. The van der Waals surface area contributed by atoms with Gasteiger partial charge in [-0.25, -0.2) is 4.39 Å². The third-order valence-electron chi connectivity index (χ3n) is 3.13. The maximum absolute atomic E-state index is 13.2. The van der Waals surface area contributed by atoms with Crippen LogP contribution in [0.2, 0.25) is 0 Å². The standard InChI is InChI=1S/C13H17FO/c1-9-2-6-11(8-12(9)14)13(15)7-5-10-3-4-10/h2,6,8,10,13,15H,3-5,7H2,1H3. The molecule has 82 valence electrons. The predicted octanol–water partition coefficient (Wildman–Crippen LogP) is 3.36. The van der Waals surface area contributed by atoms with Crippen molar-refractivity contribution < 1.29 is 9.50 Å². The van der Waals surface area contributed by atoms with Crippen molar-refractivity contribution in [2.45, 2.75) is 38.7 Å². The Hall–Kier alpha value is -0.890. The maximum atomic E-state index is 13.2. The number of hydrogen-bond donors (Lipinski definition) is 1. The van der Waals surface area contributed by atoms with Crippen LogP contribution in [-0.4, -0.2) is 5.11 Å². The highest BCUT2D eigenvalue weighted by atomic mass is 19.1. The molecule has 1 nitrogen and oxygen atoms in total. The summed E-state index contributed by atoms with van der Waals surface area (Å²) in [4.78, 5) is 0. The topological polar surface area (TPSA) is 20.2 Å². The van der Waals surface area contributed by atoms with Gasteiger partial charge in [0, 0.05) is 0 Å². The molecule has 1 aromatic carbocycles. The van der Waals surface area contributed by atoms with E-state index in [1.807, 2.05) is 6.07 Å². The second-order valence-corrected chi connectivity index (χ2v) is 4.55. The van der Waals surface area contributed by atoms with Crippen molar-refractivity contribution in [3.8, 4) is 0 Å². The van der Waals surface area contributed by atoms with Gasteiger partial charge in [0.1, 0.15) is 5.82 Å². The van der Waals surface area contributed by atoms with E-state index in [9.17, 15) is 9.50 Å². The Morgan fingerprint density at radius 3 is 2.80 bits per heavy atom. The summed E-state index contributed by atoms with van der Waals surface area (Å²) in [5, 5.41) is 9.85. The Morgan fingerprint density at radius 1 is 1.47 bits per heavy atom. The lowest BCUT2D eigenvalue weighted by atomic mass is 10.0. The Bertz CT molecular complexity index is 344. The zero-order valence-corrected chi connectivity index (χ0v) is 9.04. The highest BCUT2D eigenvalue weighted by Crippen LogP contribution is 2.35. The monoisotopic (exact) mass is 208 g/mol. The summed E-state index contributed by atoms with van der Waals surface area (Å²) in [6.07, 6.45) is 3.93. The highest BCUT2D eigenvalue weighted by molar-refractivity contribution is 5.24. The van der Waals surface area contributed by atoms with Crippen LogP contribution in [0.5, 0.6) is 0 Å². The van der Waals surface area contributed by atoms with Crippen LogP contribution < -0.4 is 0 Å². The Balaban J connectivity index is 1.97. The molecule has 2 rings (SSSR count). The molecule has 0 radical (unpaired) electrons. The van der Waals surface area contributed by atoms with Crippen LogP contribution in [0.3, 0.4) is 0 Å². The molecule has 0 aliphatic heterocycles. The molecular formula is C13H17FO. The van der Waals surface area contributed by atoms with E-state index in [2.05, 4.69) is 0 Å². The van der Waals surface area contributed by atoms with Crippen LogP contribution in [0.15, 0.2) is 18.2 Å². The fourth-order valence-electron chi connectivity index (χ4n) is 1.78. The van der Waals surface area contributed by atoms with Crippen molar-refractivity contribution in [1.29, 1.82) is 0 Å². The molecule has 0 saturated heterocycles. The van der Waals surface area contributed by atoms with Crippen molar-refractivity contribution in [3.05, 3.63) is 35.1 Å². The molecule has 1 saturated carbocycles. The predicted molar refractivity (Wildman–Crippen MR) is 58.1 cm³/mol. The van der Waals surface area contributed by atoms with E-state index >= 15 is 0 Å². The summed E-state index contributed by atoms with van der Waals surface area (Å²) < 4.78 is 13.2. The molecule has 0 amide bonds. The number of aliphatic hydroxyl groups excluding tert-OH is 1. The number of benzene rings is 1. The van der Waals surface area contributed by atoms with Crippen molar-refractivity contribution in [1.82, 2.24) is 0 Å². The lowest BCUT2D eigenvalue weighted by molar-refractivity contribution is 0.162. The van der Waals surface area contributed by atoms with Gasteiger partial charge in [-0.2, -0.15) is 0 Å². The molecule has 1 aliphatic rings. The first kappa shape index (κ1) is 10.6. The number of rotatable bonds is 4. The van der Waals surface area contributed by atoms with Crippen LogP contribution in [0.25, 0.3) is 0 Å². The van der Waals surface area contributed by atoms with Gasteiger partial charge in [0.2, 0.25) is 0 Å². The first-order valence-electron chi connectivity index (χ1n) is 5.61. The minimum Gasteiger partial charge on any atom is -0.388 e. The first-order chi connectivity index (χ1) is 7.16. The van der Waals surface area contributed by atoms with Gasteiger partial charge in [-0.1, -0.05) is 25.0 Å². The minimum absolute atomic E-state index is 0.224. The molecule has 2 heteroatoms. The van der Waals surface area contributed by atoms with Crippen LogP contribution >= 0.6 is 0 Å². The van der Waals surface area contributed by atoms with Crippen LogP contribution in [0.4, 0.5) is 4.39 Å². The van der Waals surface area contributed by atoms with Gasteiger partial charge < -0.3 is 5.11 Å². The summed E-state index contributed by atoms with van der Waals surface area (Å²) >= 11 is 0. The van der Waals surface area contributed by atoms with Gasteiger partial charge in [-0.05, 0) is 42.9 Å². The molecule has 0 aromatic heterocycles. The van der Waals surface area contributed by atoms with Crippen LogP contribution in [-0.2, 0) is 0 Å². The molecule has 1 N–H and O–H groups in total. The lowest BCUT2D eigenvalue weighted by Gasteiger charge is -2.11. The summed E-state index contributed by atoms with van der Waals surface area (Å²) in [5.41, 5.74) is 1.34. The average Bonchev–Trinajstić information content (AvgIpc) is 3.02. The summed E-state index contributed by atoms with van der Waals surface area (Å²) in [5.74, 6) is 0.591. The largest absolute Gasteiger partial charge is 0.388 e. The van der Waals surface area contributed by atoms with E-state index in [0.29, 0.717) is 11.1 Å². The van der Waals surface area contributed by atoms with Gasteiger partial charge in [0.25, 0.3) is 0 Å². The van der Waals surface area contributed by atoms with E-state index in [4.69, 9.17) is 0 Å². The minimum atomic E-state index is -0.499. The number of aliphatic hydroxyl groups is 1. The molecule has 1 aliphatic carbocycles. The van der Waals surface area contributed by atoms with Crippen molar-refractivity contribution >= 4 is 0 Å². The molecular weight excluding hydrogens is 191 g/mol. The highest BCUT2D eigenvalue weighted by Gasteiger charge is 2.22. The SMILES string of the molecule is Cc1ccc(C(O)CCC2CC2)cc1F. The normalized spacial score (nSPS) is 17.8. The molecule has 1 aromatic rings. The summed E-state index contributed by atoms with van der Waals surface area (Å²) in [6, 6.07) is 4.99. The van der Waals surface area contributed by atoms with E-state index in [-0.39, 0.29) is 5.82 Å². The molecule has 1 unspecified atom stereocenters. The number of hydrogen-bond acceptors (Lipinski definition) is 1. The molecule has 15 heavy (non-hydrogen) atoms. The van der Waals surface area contributed by atoms with Gasteiger partial charge >= 0.3 is 0 Å².